The van der Waals surface area contributed by atoms with Crippen LogP contribution in [0, 0.1) is 0 Å². The lowest BCUT2D eigenvalue weighted by molar-refractivity contribution is -0.138. The average Bonchev–Trinajstić information content (AvgIpc) is 2.13. The molecule has 0 aromatic heterocycles. The lowest BCUT2D eigenvalue weighted by Gasteiger charge is -2.10. The first-order chi connectivity index (χ1) is 6.13. The van der Waals surface area contributed by atoms with Gasteiger partial charge in [0.1, 0.15) is 6.61 Å². The molecule has 1 atom stereocenters. The predicted octanol–water partition coefficient (Wildman–Crippen LogP) is 1.18. The fourth-order valence-corrected chi connectivity index (χ4v) is 0.701. The van der Waals surface area contributed by atoms with Crippen LogP contribution < -0.4 is 5.73 Å². The summed E-state index contributed by atoms with van der Waals surface area (Å²) in [5.74, 6) is -0.478. The molecule has 72 valence electrons. The van der Waals surface area contributed by atoms with E-state index in [0.29, 0.717) is 6.42 Å². The molecule has 0 bridgehead atoms. The van der Waals surface area contributed by atoms with Gasteiger partial charge in [0, 0.05) is 11.6 Å². The third kappa shape index (κ3) is 4.28. The van der Waals surface area contributed by atoms with Gasteiger partial charge in [-0.05, 0) is 6.42 Å². The molecule has 0 spiro atoms. The third-order valence-electron chi connectivity index (χ3n) is 1.46. The molecule has 0 aromatic carbocycles. The van der Waals surface area contributed by atoms with Crippen molar-refractivity contribution in [2.75, 3.05) is 6.61 Å². The number of rotatable bonds is 6. The van der Waals surface area contributed by atoms with E-state index in [-0.39, 0.29) is 12.2 Å². The quantitative estimate of drug-likeness (QED) is 0.380. The van der Waals surface area contributed by atoms with Gasteiger partial charge in [0.25, 0.3) is 0 Å². The molecule has 3 nitrogen and oxygen atoms in total. The molecule has 0 aliphatic rings. The van der Waals surface area contributed by atoms with Crippen molar-refractivity contribution >= 4 is 5.97 Å². The van der Waals surface area contributed by atoms with Crippen LogP contribution in [0.15, 0.2) is 37.5 Å². The van der Waals surface area contributed by atoms with Gasteiger partial charge in [-0.2, -0.15) is 0 Å². The molecule has 0 fully saturated rings. The van der Waals surface area contributed by atoms with Crippen molar-refractivity contribution in [3.63, 3.8) is 0 Å². The van der Waals surface area contributed by atoms with Crippen LogP contribution in [0.25, 0.3) is 0 Å². The summed E-state index contributed by atoms with van der Waals surface area (Å²) in [7, 11) is 0. The van der Waals surface area contributed by atoms with E-state index in [1.165, 1.54) is 6.08 Å². The standard InChI is InChI=1S/C10H15NO2/c1-4-6-9(11)8(3)10(12)13-7-5-2/h4-5,9H,1-3,6-7,11H2. The number of carbonyl (C=O) groups is 1. The average molecular weight is 181 g/mol. The summed E-state index contributed by atoms with van der Waals surface area (Å²) in [4.78, 5) is 11.1. The molecular weight excluding hydrogens is 166 g/mol. The fraction of sp³-hybridized carbons (Fsp3) is 0.300. The van der Waals surface area contributed by atoms with Gasteiger partial charge in [-0.15, -0.1) is 6.58 Å². The Labute approximate surface area is 78.6 Å². The first kappa shape index (κ1) is 11.6. The zero-order valence-electron chi connectivity index (χ0n) is 7.66. The Balaban J connectivity index is 4.00. The molecule has 13 heavy (non-hydrogen) atoms. The topological polar surface area (TPSA) is 52.3 Å². The smallest absolute Gasteiger partial charge is 0.335 e. The maximum absolute atomic E-state index is 11.1. The van der Waals surface area contributed by atoms with E-state index in [2.05, 4.69) is 19.7 Å². The molecule has 0 aliphatic carbocycles. The summed E-state index contributed by atoms with van der Waals surface area (Å²) < 4.78 is 4.75. The molecule has 0 rings (SSSR count). The number of nitrogens with two attached hydrogens (primary N) is 1. The van der Waals surface area contributed by atoms with Gasteiger partial charge in [-0.3, -0.25) is 0 Å². The first-order valence-electron chi connectivity index (χ1n) is 3.96. The van der Waals surface area contributed by atoms with Crippen molar-refractivity contribution in [3.8, 4) is 0 Å². The highest BCUT2D eigenvalue weighted by Gasteiger charge is 2.14. The first-order valence-corrected chi connectivity index (χ1v) is 3.96. The summed E-state index contributed by atoms with van der Waals surface area (Å²) >= 11 is 0. The maximum atomic E-state index is 11.1. The van der Waals surface area contributed by atoms with E-state index in [1.54, 1.807) is 6.08 Å². The highest BCUT2D eigenvalue weighted by atomic mass is 16.5. The summed E-state index contributed by atoms with van der Waals surface area (Å²) in [6.07, 6.45) is 3.64. The van der Waals surface area contributed by atoms with Gasteiger partial charge in [0.15, 0.2) is 0 Å². The number of hydrogen-bond donors (Lipinski definition) is 1. The van der Waals surface area contributed by atoms with Gasteiger partial charge in [0.05, 0.1) is 0 Å². The van der Waals surface area contributed by atoms with Crippen LogP contribution in [0.4, 0.5) is 0 Å². The minimum absolute atomic E-state index is 0.179. The van der Waals surface area contributed by atoms with Crippen LogP contribution in [-0.4, -0.2) is 18.6 Å². The maximum Gasteiger partial charge on any atom is 0.335 e. The van der Waals surface area contributed by atoms with E-state index < -0.39 is 12.0 Å². The molecule has 0 radical (unpaired) electrons. The Bertz CT molecular complexity index is 221. The van der Waals surface area contributed by atoms with Gasteiger partial charge in [-0.25, -0.2) is 4.79 Å². The van der Waals surface area contributed by atoms with Gasteiger partial charge in [0.2, 0.25) is 0 Å². The second-order valence-electron chi connectivity index (χ2n) is 2.54. The number of hydrogen-bond acceptors (Lipinski definition) is 3. The zero-order valence-corrected chi connectivity index (χ0v) is 7.66. The number of carbonyl (C=O) groups excluding carboxylic acids is 1. The van der Waals surface area contributed by atoms with Crippen molar-refractivity contribution in [3.05, 3.63) is 37.5 Å². The molecule has 1 unspecified atom stereocenters. The molecule has 3 heteroatoms. The lowest BCUT2D eigenvalue weighted by atomic mass is 10.1. The molecule has 0 heterocycles. The summed E-state index contributed by atoms with van der Waals surface area (Å²) in [6, 6.07) is -0.408. The largest absolute Gasteiger partial charge is 0.458 e. The summed E-state index contributed by atoms with van der Waals surface area (Å²) in [5.41, 5.74) is 5.87. The molecular formula is C10H15NO2. The van der Waals surface area contributed by atoms with Crippen LogP contribution in [0.1, 0.15) is 6.42 Å². The SMILES string of the molecule is C=CCOC(=O)C(=C)C(N)CC=C. The minimum Gasteiger partial charge on any atom is -0.458 e. The van der Waals surface area contributed by atoms with Crippen molar-refractivity contribution in [1.29, 1.82) is 0 Å². The Morgan fingerprint density at radius 3 is 2.54 bits per heavy atom. The zero-order chi connectivity index (χ0) is 10.3. The normalized spacial score (nSPS) is 11.5. The Hall–Kier alpha value is -1.35. The predicted molar refractivity (Wildman–Crippen MR) is 53.1 cm³/mol. The van der Waals surface area contributed by atoms with Crippen molar-refractivity contribution < 1.29 is 9.53 Å². The number of esters is 1. The molecule has 0 saturated heterocycles. The molecule has 2 N–H and O–H groups in total. The minimum atomic E-state index is -0.478. The van der Waals surface area contributed by atoms with Crippen molar-refractivity contribution in [1.82, 2.24) is 0 Å². The monoisotopic (exact) mass is 181 g/mol. The second-order valence-corrected chi connectivity index (χ2v) is 2.54. The Kier molecular flexibility index (Phi) is 5.55. The summed E-state index contributed by atoms with van der Waals surface area (Å²) in [6.45, 7) is 10.7. The van der Waals surface area contributed by atoms with E-state index in [0.717, 1.165) is 0 Å². The van der Waals surface area contributed by atoms with Crippen molar-refractivity contribution in [2.45, 2.75) is 12.5 Å². The molecule has 0 amide bonds. The van der Waals surface area contributed by atoms with Crippen molar-refractivity contribution in [2.24, 2.45) is 5.73 Å². The van der Waals surface area contributed by atoms with Crippen LogP contribution >= 0.6 is 0 Å². The van der Waals surface area contributed by atoms with E-state index >= 15 is 0 Å². The third-order valence-corrected chi connectivity index (χ3v) is 1.46. The van der Waals surface area contributed by atoms with Crippen LogP contribution in [0.2, 0.25) is 0 Å². The van der Waals surface area contributed by atoms with Gasteiger partial charge < -0.3 is 10.5 Å². The van der Waals surface area contributed by atoms with Crippen LogP contribution in [0.3, 0.4) is 0 Å². The highest BCUT2D eigenvalue weighted by molar-refractivity contribution is 5.89. The van der Waals surface area contributed by atoms with E-state index in [4.69, 9.17) is 10.5 Å². The van der Waals surface area contributed by atoms with Crippen LogP contribution in [-0.2, 0) is 9.53 Å². The number of ether oxygens (including phenoxy) is 1. The molecule has 0 aromatic rings. The van der Waals surface area contributed by atoms with Gasteiger partial charge in [-0.1, -0.05) is 25.3 Å². The lowest BCUT2D eigenvalue weighted by Crippen LogP contribution is -2.27. The van der Waals surface area contributed by atoms with Crippen LogP contribution in [0.5, 0.6) is 0 Å². The Morgan fingerprint density at radius 2 is 2.08 bits per heavy atom. The fourth-order valence-electron chi connectivity index (χ4n) is 0.701. The second kappa shape index (κ2) is 6.20. The summed E-state index contributed by atoms with van der Waals surface area (Å²) in [5, 5.41) is 0. The molecule has 0 saturated carbocycles. The van der Waals surface area contributed by atoms with E-state index in [9.17, 15) is 4.79 Å². The van der Waals surface area contributed by atoms with Gasteiger partial charge >= 0.3 is 5.97 Å². The highest BCUT2D eigenvalue weighted by Crippen LogP contribution is 2.04. The van der Waals surface area contributed by atoms with E-state index in [1.807, 2.05) is 0 Å². The Morgan fingerprint density at radius 1 is 1.46 bits per heavy atom. The molecule has 0 aliphatic heterocycles.